The summed E-state index contributed by atoms with van der Waals surface area (Å²) < 4.78 is 6.55. The molecule has 6 nitrogen and oxygen atoms in total. The summed E-state index contributed by atoms with van der Waals surface area (Å²) in [5.41, 5.74) is 2.24. The van der Waals surface area contributed by atoms with Gasteiger partial charge in [0.15, 0.2) is 10.9 Å². The van der Waals surface area contributed by atoms with Crippen molar-refractivity contribution in [1.29, 1.82) is 0 Å². The quantitative estimate of drug-likeness (QED) is 0.637. The highest BCUT2D eigenvalue weighted by molar-refractivity contribution is 8.01. The van der Waals surface area contributed by atoms with Crippen molar-refractivity contribution < 1.29 is 9.53 Å². The second-order valence-electron chi connectivity index (χ2n) is 5.08. The normalized spacial score (nSPS) is 13.4. The maximum atomic E-state index is 12.0. The lowest BCUT2D eigenvalue weighted by atomic mass is 9.95. The van der Waals surface area contributed by atoms with Gasteiger partial charge >= 0.3 is 0 Å². The van der Waals surface area contributed by atoms with E-state index in [0.717, 1.165) is 46.4 Å². The third-order valence-electron chi connectivity index (χ3n) is 3.47. The van der Waals surface area contributed by atoms with Crippen LogP contribution in [0.2, 0.25) is 0 Å². The lowest BCUT2D eigenvalue weighted by Crippen LogP contribution is -2.21. The number of nitrogens with zero attached hydrogens (tertiary/aromatic N) is 3. The summed E-state index contributed by atoms with van der Waals surface area (Å²) in [5.74, 6) is 1.47. The zero-order valence-corrected chi connectivity index (χ0v) is 14.5. The molecular weight excluding hydrogens is 332 g/mol. The van der Waals surface area contributed by atoms with E-state index in [4.69, 9.17) is 4.74 Å². The topological polar surface area (TPSA) is 77.0 Å². The molecule has 0 radical (unpaired) electrons. The van der Waals surface area contributed by atoms with Gasteiger partial charge in [0.2, 0.25) is 5.13 Å². The molecule has 0 atom stereocenters. The second kappa shape index (κ2) is 7.74. The Hall–Kier alpha value is -1.67. The number of pyridine rings is 1. The standard InChI is InChI=1S/C15H18N4O2S2/c1-2-22-15-19-18-14(23-15)17-13(20)9-21-12-7-8-16-11-6-4-3-5-10(11)12/h7-8H,2-6,9H2,1H3,(H,17,18,20). The lowest BCUT2D eigenvalue weighted by Gasteiger charge is -2.18. The summed E-state index contributed by atoms with van der Waals surface area (Å²) in [4.78, 5) is 16.4. The minimum absolute atomic E-state index is 0.0354. The molecule has 0 bridgehead atoms. The van der Waals surface area contributed by atoms with E-state index >= 15 is 0 Å². The molecule has 0 spiro atoms. The fourth-order valence-corrected chi connectivity index (χ4v) is 4.13. The Kier molecular flexibility index (Phi) is 5.45. The van der Waals surface area contributed by atoms with E-state index in [1.165, 1.54) is 17.8 Å². The average molecular weight is 350 g/mol. The Morgan fingerprint density at radius 2 is 2.26 bits per heavy atom. The number of amides is 1. The molecule has 0 unspecified atom stereocenters. The Labute approximate surface area is 143 Å². The highest BCUT2D eigenvalue weighted by Crippen LogP contribution is 2.28. The summed E-state index contributed by atoms with van der Waals surface area (Å²) in [6.07, 6.45) is 6.01. The van der Waals surface area contributed by atoms with Gasteiger partial charge in [0.05, 0.1) is 0 Å². The first-order valence-corrected chi connectivity index (χ1v) is 9.42. The predicted octanol–water partition coefficient (Wildman–Crippen LogP) is 2.94. The number of aromatic nitrogens is 3. The van der Waals surface area contributed by atoms with Crippen LogP contribution in [0.1, 0.15) is 31.0 Å². The van der Waals surface area contributed by atoms with Gasteiger partial charge in [0.25, 0.3) is 5.91 Å². The van der Waals surface area contributed by atoms with E-state index in [9.17, 15) is 4.79 Å². The Morgan fingerprint density at radius 3 is 3.13 bits per heavy atom. The van der Waals surface area contributed by atoms with E-state index in [-0.39, 0.29) is 12.5 Å². The summed E-state index contributed by atoms with van der Waals surface area (Å²) in [5, 5.41) is 11.2. The average Bonchev–Trinajstić information content (AvgIpc) is 3.00. The third-order valence-corrected chi connectivity index (χ3v) is 5.33. The molecule has 2 heterocycles. The van der Waals surface area contributed by atoms with E-state index < -0.39 is 0 Å². The van der Waals surface area contributed by atoms with Gasteiger partial charge in [-0.3, -0.25) is 15.1 Å². The lowest BCUT2D eigenvalue weighted by molar-refractivity contribution is -0.118. The monoisotopic (exact) mass is 350 g/mol. The summed E-state index contributed by atoms with van der Waals surface area (Å²) in [7, 11) is 0. The third kappa shape index (κ3) is 4.20. The Morgan fingerprint density at radius 1 is 1.39 bits per heavy atom. The summed E-state index contributed by atoms with van der Waals surface area (Å²) in [6.45, 7) is 2.01. The van der Waals surface area contributed by atoms with E-state index in [1.807, 2.05) is 13.0 Å². The van der Waals surface area contributed by atoms with Crippen LogP contribution >= 0.6 is 23.1 Å². The molecule has 0 saturated heterocycles. The molecule has 8 heteroatoms. The number of hydrogen-bond donors (Lipinski definition) is 1. The van der Waals surface area contributed by atoms with E-state index in [1.54, 1.807) is 18.0 Å². The number of hydrogen-bond acceptors (Lipinski definition) is 7. The largest absolute Gasteiger partial charge is 0.483 e. The number of rotatable bonds is 6. The molecule has 1 aliphatic carbocycles. The number of ether oxygens (including phenoxy) is 1. The molecule has 2 aromatic heterocycles. The molecule has 0 aliphatic heterocycles. The minimum Gasteiger partial charge on any atom is -0.483 e. The maximum absolute atomic E-state index is 12.0. The van der Waals surface area contributed by atoms with Crippen LogP contribution in [0.15, 0.2) is 16.6 Å². The number of fused-ring (bicyclic) bond motifs is 1. The van der Waals surface area contributed by atoms with Crippen molar-refractivity contribution in [2.75, 3.05) is 17.7 Å². The molecule has 1 amide bonds. The molecule has 1 aliphatic rings. The van der Waals surface area contributed by atoms with Gasteiger partial charge in [0, 0.05) is 17.5 Å². The van der Waals surface area contributed by atoms with Gasteiger partial charge in [0.1, 0.15) is 5.75 Å². The Balaban J connectivity index is 1.56. The van der Waals surface area contributed by atoms with Crippen LogP contribution in [0.5, 0.6) is 5.75 Å². The molecule has 0 aromatic carbocycles. The smallest absolute Gasteiger partial charge is 0.264 e. The van der Waals surface area contributed by atoms with Crippen LogP contribution in [0.4, 0.5) is 5.13 Å². The number of nitrogens with one attached hydrogen (secondary N) is 1. The van der Waals surface area contributed by atoms with Crippen molar-refractivity contribution in [1.82, 2.24) is 15.2 Å². The predicted molar refractivity (Wildman–Crippen MR) is 91.3 cm³/mol. The molecule has 0 fully saturated rings. The van der Waals surface area contributed by atoms with E-state index in [2.05, 4.69) is 20.5 Å². The maximum Gasteiger partial charge on any atom is 0.264 e. The molecule has 0 saturated carbocycles. The van der Waals surface area contributed by atoms with Crippen molar-refractivity contribution in [2.24, 2.45) is 0 Å². The minimum atomic E-state index is -0.226. The van der Waals surface area contributed by atoms with Crippen LogP contribution in [-0.2, 0) is 17.6 Å². The first-order chi connectivity index (χ1) is 11.3. The number of carbonyl (C=O) groups excluding carboxylic acids is 1. The molecular formula is C15H18N4O2S2. The van der Waals surface area contributed by atoms with Crippen molar-refractivity contribution in [3.63, 3.8) is 0 Å². The van der Waals surface area contributed by atoms with Crippen LogP contribution in [0, 0.1) is 0 Å². The zero-order chi connectivity index (χ0) is 16.1. The SMILES string of the molecule is CCSc1nnc(NC(=O)COc2ccnc3c2CCCC3)s1. The Bertz CT molecular complexity index is 690. The molecule has 122 valence electrons. The van der Waals surface area contributed by atoms with Crippen LogP contribution < -0.4 is 10.1 Å². The van der Waals surface area contributed by atoms with Crippen LogP contribution in [-0.4, -0.2) is 33.4 Å². The highest BCUT2D eigenvalue weighted by Gasteiger charge is 2.16. The molecule has 23 heavy (non-hydrogen) atoms. The van der Waals surface area contributed by atoms with Gasteiger partial charge in [-0.25, -0.2) is 0 Å². The van der Waals surface area contributed by atoms with Gasteiger partial charge in [-0.05, 0) is 37.5 Å². The first kappa shape index (κ1) is 16.2. The fourth-order valence-electron chi connectivity index (χ4n) is 2.47. The molecule has 2 aromatic rings. The summed E-state index contributed by atoms with van der Waals surface area (Å²) >= 11 is 2.98. The zero-order valence-electron chi connectivity index (χ0n) is 12.9. The number of anilines is 1. The van der Waals surface area contributed by atoms with Crippen molar-refractivity contribution in [2.45, 2.75) is 36.9 Å². The van der Waals surface area contributed by atoms with Crippen molar-refractivity contribution >= 4 is 34.1 Å². The van der Waals surface area contributed by atoms with Crippen LogP contribution in [0.25, 0.3) is 0 Å². The number of carbonyl (C=O) groups is 1. The van der Waals surface area contributed by atoms with Crippen molar-refractivity contribution in [3.05, 3.63) is 23.5 Å². The van der Waals surface area contributed by atoms with E-state index in [0.29, 0.717) is 5.13 Å². The fraction of sp³-hybridized carbons (Fsp3) is 0.467. The van der Waals surface area contributed by atoms with Gasteiger partial charge in [-0.15, -0.1) is 10.2 Å². The molecule has 1 N–H and O–H groups in total. The van der Waals surface area contributed by atoms with Gasteiger partial charge in [-0.2, -0.15) is 0 Å². The first-order valence-electron chi connectivity index (χ1n) is 7.62. The van der Waals surface area contributed by atoms with Crippen molar-refractivity contribution in [3.8, 4) is 5.75 Å². The number of thioether (sulfide) groups is 1. The van der Waals surface area contributed by atoms with Crippen LogP contribution in [0.3, 0.4) is 0 Å². The number of aryl methyl sites for hydroxylation is 1. The molecule has 3 rings (SSSR count). The second-order valence-corrected chi connectivity index (χ2v) is 7.57. The highest BCUT2D eigenvalue weighted by atomic mass is 32.2. The van der Waals surface area contributed by atoms with Gasteiger partial charge < -0.3 is 4.74 Å². The summed E-state index contributed by atoms with van der Waals surface area (Å²) in [6, 6.07) is 1.83. The van der Waals surface area contributed by atoms with Gasteiger partial charge in [-0.1, -0.05) is 30.0 Å².